The second kappa shape index (κ2) is 9.42. The van der Waals surface area contributed by atoms with Gasteiger partial charge >= 0.3 is 0 Å². The Hall–Kier alpha value is -1.07. The second-order valence-electron chi connectivity index (χ2n) is 5.96. The molecule has 6 heteroatoms. The average Bonchev–Trinajstić information content (AvgIpc) is 3.25. The first kappa shape index (κ1) is 19.3. The van der Waals surface area contributed by atoms with Crippen molar-refractivity contribution >= 4 is 41.3 Å². The Morgan fingerprint density at radius 1 is 1.33 bits per heavy atom. The van der Waals surface area contributed by atoms with Gasteiger partial charge in [0.15, 0.2) is 0 Å². The van der Waals surface area contributed by atoms with E-state index in [0.29, 0.717) is 17.4 Å². The lowest BCUT2D eigenvalue weighted by molar-refractivity contribution is -0.121. The molecule has 0 spiro atoms. The highest BCUT2D eigenvalue weighted by Gasteiger charge is 2.20. The number of thiophene rings is 1. The summed E-state index contributed by atoms with van der Waals surface area (Å²) in [6.45, 7) is 2.12. The Morgan fingerprint density at radius 2 is 2.12 bits per heavy atom. The van der Waals surface area contributed by atoms with E-state index in [0.717, 1.165) is 30.0 Å². The summed E-state index contributed by atoms with van der Waals surface area (Å²) in [5.74, 6) is 0.752. The molecule has 2 heterocycles. The smallest absolute Gasteiger partial charge is 0.220 e. The SMILES string of the molecule is Cl.O=C(CCC1CCNC1)NC(c1ccc(Cl)cc1)c1cccs1. The van der Waals surface area contributed by atoms with Crippen LogP contribution in [0.4, 0.5) is 0 Å². The molecule has 2 aromatic rings. The molecular weight excluding hydrogens is 363 g/mol. The maximum Gasteiger partial charge on any atom is 0.220 e. The summed E-state index contributed by atoms with van der Waals surface area (Å²) < 4.78 is 0. The van der Waals surface area contributed by atoms with Crippen LogP contribution in [0.3, 0.4) is 0 Å². The Balaban J connectivity index is 0.00000208. The van der Waals surface area contributed by atoms with E-state index in [9.17, 15) is 4.79 Å². The Morgan fingerprint density at radius 3 is 2.75 bits per heavy atom. The first-order valence-electron chi connectivity index (χ1n) is 8.01. The maximum absolute atomic E-state index is 12.4. The lowest BCUT2D eigenvalue weighted by Gasteiger charge is -2.19. The second-order valence-corrected chi connectivity index (χ2v) is 7.38. The average molecular weight is 385 g/mol. The van der Waals surface area contributed by atoms with Gasteiger partial charge in [-0.2, -0.15) is 0 Å². The molecule has 0 saturated carbocycles. The number of nitrogens with one attached hydrogen (secondary N) is 2. The van der Waals surface area contributed by atoms with E-state index in [4.69, 9.17) is 11.6 Å². The van der Waals surface area contributed by atoms with E-state index >= 15 is 0 Å². The van der Waals surface area contributed by atoms with Gasteiger partial charge in [0.05, 0.1) is 6.04 Å². The number of hydrogen-bond donors (Lipinski definition) is 2. The first-order valence-corrected chi connectivity index (χ1v) is 9.27. The maximum atomic E-state index is 12.4. The van der Waals surface area contributed by atoms with Gasteiger partial charge in [0.2, 0.25) is 5.91 Å². The molecule has 3 rings (SSSR count). The van der Waals surface area contributed by atoms with Crippen LogP contribution in [-0.2, 0) is 4.79 Å². The van der Waals surface area contributed by atoms with Crippen molar-refractivity contribution in [3.63, 3.8) is 0 Å². The minimum atomic E-state index is -0.0959. The van der Waals surface area contributed by atoms with Gasteiger partial charge in [0, 0.05) is 16.3 Å². The van der Waals surface area contributed by atoms with Gasteiger partial charge in [-0.25, -0.2) is 0 Å². The van der Waals surface area contributed by atoms with E-state index in [2.05, 4.69) is 16.7 Å². The number of carbonyl (C=O) groups is 1. The van der Waals surface area contributed by atoms with Gasteiger partial charge in [-0.15, -0.1) is 23.7 Å². The zero-order valence-electron chi connectivity index (χ0n) is 13.3. The Kier molecular flexibility index (Phi) is 7.56. The van der Waals surface area contributed by atoms with Crippen LogP contribution in [0.2, 0.25) is 5.02 Å². The van der Waals surface area contributed by atoms with Gasteiger partial charge in [-0.3, -0.25) is 4.79 Å². The van der Waals surface area contributed by atoms with Crippen molar-refractivity contribution in [1.29, 1.82) is 0 Å². The number of hydrogen-bond acceptors (Lipinski definition) is 3. The molecule has 1 aromatic carbocycles. The van der Waals surface area contributed by atoms with Crippen LogP contribution in [-0.4, -0.2) is 19.0 Å². The summed E-state index contributed by atoms with van der Waals surface area (Å²) in [7, 11) is 0. The highest BCUT2D eigenvalue weighted by atomic mass is 35.5. The van der Waals surface area contributed by atoms with Crippen LogP contribution in [0.15, 0.2) is 41.8 Å². The zero-order chi connectivity index (χ0) is 16.1. The standard InChI is InChI=1S/C18H21ClN2OS.ClH/c19-15-6-4-14(5-7-15)18(16-2-1-11-23-16)21-17(22)8-3-13-9-10-20-12-13;/h1-2,4-7,11,13,18,20H,3,8-10,12H2,(H,21,22);1H. The third-order valence-electron chi connectivity index (χ3n) is 4.28. The van der Waals surface area contributed by atoms with Crippen molar-refractivity contribution < 1.29 is 4.79 Å². The number of benzene rings is 1. The van der Waals surface area contributed by atoms with Crippen LogP contribution in [0.5, 0.6) is 0 Å². The lowest BCUT2D eigenvalue weighted by Crippen LogP contribution is -2.29. The van der Waals surface area contributed by atoms with E-state index in [1.54, 1.807) is 11.3 Å². The van der Waals surface area contributed by atoms with Crippen molar-refractivity contribution in [2.75, 3.05) is 13.1 Å². The third-order valence-corrected chi connectivity index (χ3v) is 5.47. The van der Waals surface area contributed by atoms with Gasteiger partial charge < -0.3 is 10.6 Å². The molecule has 0 radical (unpaired) electrons. The van der Waals surface area contributed by atoms with Gasteiger partial charge in [-0.05, 0) is 61.0 Å². The van der Waals surface area contributed by atoms with Crippen LogP contribution in [0, 0.1) is 5.92 Å². The molecule has 1 aromatic heterocycles. The summed E-state index contributed by atoms with van der Waals surface area (Å²) in [5, 5.41) is 9.28. The molecule has 2 atom stereocenters. The number of carbonyl (C=O) groups excluding carboxylic acids is 1. The predicted octanol–water partition coefficient (Wildman–Crippen LogP) is 4.42. The van der Waals surface area contributed by atoms with Gasteiger partial charge in [0.1, 0.15) is 0 Å². The van der Waals surface area contributed by atoms with E-state index in [1.807, 2.05) is 35.7 Å². The minimum absolute atomic E-state index is 0. The summed E-state index contributed by atoms with van der Waals surface area (Å²) in [6, 6.07) is 11.7. The fraction of sp³-hybridized carbons (Fsp3) is 0.389. The van der Waals surface area contributed by atoms with Crippen LogP contribution >= 0.6 is 35.3 Å². The number of amides is 1. The first-order chi connectivity index (χ1) is 11.2. The molecule has 1 fully saturated rings. The van der Waals surface area contributed by atoms with Gasteiger partial charge in [-0.1, -0.05) is 29.8 Å². The van der Waals surface area contributed by atoms with Crippen LogP contribution in [0.1, 0.15) is 35.7 Å². The van der Waals surface area contributed by atoms with E-state index in [1.165, 1.54) is 6.42 Å². The Bertz CT molecular complexity index is 625. The molecular formula is C18H22Cl2N2OS. The topological polar surface area (TPSA) is 41.1 Å². The molecule has 2 N–H and O–H groups in total. The van der Waals surface area contributed by atoms with Crippen molar-refractivity contribution in [3.05, 3.63) is 57.2 Å². The number of rotatable bonds is 6. The highest BCUT2D eigenvalue weighted by molar-refractivity contribution is 7.10. The van der Waals surface area contributed by atoms with Crippen LogP contribution in [0.25, 0.3) is 0 Å². The van der Waals surface area contributed by atoms with Crippen molar-refractivity contribution in [2.24, 2.45) is 5.92 Å². The normalized spacial score (nSPS) is 18.0. The van der Waals surface area contributed by atoms with Crippen molar-refractivity contribution in [3.8, 4) is 0 Å². The zero-order valence-corrected chi connectivity index (χ0v) is 15.7. The molecule has 1 amide bonds. The highest BCUT2D eigenvalue weighted by Crippen LogP contribution is 2.27. The monoisotopic (exact) mass is 384 g/mol. The molecule has 2 unspecified atom stereocenters. The minimum Gasteiger partial charge on any atom is -0.344 e. The fourth-order valence-corrected chi connectivity index (χ4v) is 3.89. The molecule has 1 saturated heterocycles. The molecule has 0 aliphatic carbocycles. The van der Waals surface area contributed by atoms with Gasteiger partial charge in [0.25, 0.3) is 0 Å². The number of halogens is 2. The molecule has 1 aliphatic heterocycles. The van der Waals surface area contributed by atoms with E-state index in [-0.39, 0.29) is 24.4 Å². The molecule has 3 nitrogen and oxygen atoms in total. The van der Waals surface area contributed by atoms with Crippen molar-refractivity contribution in [2.45, 2.75) is 25.3 Å². The van der Waals surface area contributed by atoms with Crippen molar-refractivity contribution in [1.82, 2.24) is 10.6 Å². The summed E-state index contributed by atoms with van der Waals surface area (Å²) in [5.41, 5.74) is 1.06. The largest absolute Gasteiger partial charge is 0.344 e. The summed E-state index contributed by atoms with van der Waals surface area (Å²) in [4.78, 5) is 13.5. The molecule has 130 valence electrons. The lowest BCUT2D eigenvalue weighted by atomic mass is 10.0. The van der Waals surface area contributed by atoms with Crippen LogP contribution < -0.4 is 10.6 Å². The molecule has 0 bridgehead atoms. The van der Waals surface area contributed by atoms with E-state index < -0.39 is 0 Å². The summed E-state index contributed by atoms with van der Waals surface area (Å²) >= 11 is 7.64. The third kappa shape index (κ3) is 5.21. The predicted molar refractivity (Wildman–Crippen MR) is 103 cm³/mol. The summed E-state index contributed by atoms with van der Waals surface area (Å²) in [6.07, 6.45) is 2.72. The Labute approximate surface area is 158 Å². The fourth-order valence-electron chi connectivity index (χ4n) is 2.96. The molecule has 1 aliphatic rings. The molecule has 24 heavy (non-hydrogen) atoms. The quantitative estimate of drug-likeness (QED) is 0.773.